The van der Waals surface area contributed by atoms with Crippen LogP contribution in [0.1, 0.15) is 29.5 Å². The molecule has 3 heteroatoms. The molecule has 0 saturated carbocycles. The zero-order chi connectivity index (χ0) is 16.9. The highest BCUT2D eigenvalue weighted by molar-refractivity contribution is 5.70. The smallest absolute Gasteiger partial charge is 0.0602 e. The van der Waals surface area contributed by atoms with Crippen LogP contribution in [0.5, 0.6) is 0 Å². The molecule has 0 spiro atoms. The van der Waals surface area contributed by atoms with E-state index in [0.29, 0.717) is 12.5 Å². The van der Waals surface area contributed by atoms with Gasteiger partial charge in [0.1, 0.15) is 0 Å². The minimum Gasteiger partial charge on any atom is -0.396 e. The van der Waals surface area contributed by atoms with E-state index < -0.39 is 0 Å². The fourth-order valence-electron chi connectivity index (χ4n) is 3.49. The molecule has 0 radical (unpaired) electrons. The first-order chi connectivity index (χ1) is 11.7. The highest BCUT2D eigenvalue weighted by atomic mass is 16.3. The topological polar surface area (TPSA) is 35.5 Å². The summed E-state index contributed by atoms with van der Waals surface area (Å²) in [7, 11) is 0. The quantitative estimate of drug-likeness (QED) is 0.868. The van der Waals surface area contributed by atoms with Crippen molar-refractivity contribution in [2.24, 2.45) is 5.92 Å². The SMILES string of the molecule is Cc1ccc(CNc2ccccc2N2CCC(CO)CC2)c(C)c1. The van der Waals surface area contributed by atoms with Gasteiger partial charge in [-0.1, -0.05) is 35.9 Å². The van der Waals surface area contributed by atoms with Crippen molar-refractivity contribution in [3.63, 3.8) is 0 Å². The van der Waals surface area contributed by atoms with E-state index >= 15 is 0 Å². The fraction of sp³-hybridized carbons (Fsp3) is 0.429. The van der Waals surface area contributed by atoms with Gasteiger partial charge in [-0.05, 0) is 55.9 Å². The molecule has 1 aliphatic heterocycles. The number of rotatable bonds is 5. The summed E-state index contributed by atoms with van der Waals surface area (Å²) in [5, 5.41) is 12.9. The van der Waals surface area contributed by atoms with E-state index in [-0.39, 0.29) is 0 Å². The number of anilines is 2. The van der Waals surface area contributed by atoms with Gasteiger partial charge in [-0.15, -0.1) is 0 Å². The van der Waals surface area contributed by atoms with E-state index in [1.54, 1.807) is 0 Å². The van der Waals surface area contributed by atoms with Gasteiger partial charge < -0.3 is 15.3 Å². The summed E-state index contributed by atoms with van der Waals surface area (Å²) < 4.78 is 0. The molecule has 128 valence electrons. The Bertz CT molecular complexity index is 675. The van der Waals surface area contributed by atoms with Crippen molar-refractivity contribution in [2.75, 3.05) is 29.9 Å². The predicted octanol–water partition coefficient (Wildman–Crippen LogP) is 4.12. The first kappa shape index (κ1) is 16.8. The molecule has 0 bridgehead atoms. The van der Waals surface area contributed by atoms with Crippen molar-refractivity contribution < 1.29 is 5.11 Å². The molecular formula is C21H28N2O. The molecule has 1 saturated heterocycles. The Morgan fingerprint density at radius 1 is 1.08 bits per heavy atom. The minimum absolute atomic E-state index is 0.320. The van der Waals surface area contributed by atoms with Crippen LogP contribution in [0.25, 0.3) is 0 Å². The number of piperidine rings is 1. The van der Waals surface area contributed by atoms with Crippen molar-refractivity contribution in [3.8, 4) is 0 Å². The van der Waals surface area contributed by atoms with Gasteiger partial charge in [0.15, 0.2) is 0 Å². The van der Waals surface area contributed by atoms with Gasteiger partial charge in [0.25, 0.3) is 0 Å². The second-order valence-corrected chi connectivity index (χ2v) is 6.91. The van der Waals surface area contributed by atoms with Crippen molar-refractivity contribution >= 4 is 11.4 Å². The van der Waals surface area contributed by atoms with Crippen molar-refractivity contribution in [1.29, 1.82) is 0 Å². The molecule has 0 amide bonds. The largest absolute Gasteiger partial charge is 0.396 e. The summed E-state index contributed by atoms with van der Waals surface area (Å²) in [6.45, 7) is 7.52. The maximum absolute atomic E-state index is 9.33. The molecule has 24 heavy (non-hydrogen) atoms. The minimum atomic E-state index is 0.320. The van der Waals surface area contributed by atoms with Gasteiger partial charge in [-0.2, -0.15) is 0 Å². The number of hydrogen-bond acceptors (Lipinski definition) is 3. The van der Waals surface area contributed by atoms with Crippen LogP contribution in [0.2, 0.25) is 0 Å². The molecule has 3 nitrogen and oxygen atoms in total. The maximum atomic E-state index is 9.33. The van der Waals surface area contributed by atoms with Crippen LogP contribution in [-0.4, -0.2) is 24.8 Å². The first-order valence-electron chi connectivity index (χ1n) is 8.92. The van der Waals surface area contributed by atoms with Crippen LogP contribution < -0.4 is 10.2 Å². The number of hydrogen-bond donors (Lipinski definition) is 2. The summed E-state index contributed by atoms with van der Waals surface area (Å²) in [4.78, 5) is 2.44. The molecule has 1 heterocycles. The summed E-state index contributed by atoms with van der Waals surface area (Å²) in [5.41, 5.74) is 6.46. The lowest BCUT2D eigenvalue weighted by molar-refractivity contribution is 0.203. The zero-order valence-corrected chi connectivity index (χ0v) is 14.8. The van der Waals surface area contributed by atoms with E-state index in [2.05, 4.69) is 66.5 Å². The molecule has 3 rings (SSSR count). The Hall–Kier alpha value is -2.00. The van der Waals surface area contributed by atoms with Crippen LogP contribution in [0, 0.1) is 19.8 Å². The third-order valence-corrected chi connectivity index (χ3v) is 5.08. The van der Waals surface area contributed by atoms with E-state index in [1.165, 1.54) is 28.1 Å². The van der Waals surface area contributed by atoms with E-state index in [1.807, 2.05) is 0 Å². The predicted molar refractivity (Wildman–Crippen MR) is 102 cm³/mol. The Kier molecular flexibility index (Phi) is 5.41. The van der Waals surface area contributed by atoms with Gasteiger partial charge in [0.05, 0.1) is 11.4 Å². The van der Waals surface area contributed by atoms with Crippen LogP contribution in [-0.2, 0) is 6.54 Å². The number of aryl methyl sites for hydroxylation is 2. The van der Waals surface area contributed by atoms with Gasteiger partial charge in [0.2, 0.25) is 0 Å². The van der Waals surface area contributed by atoms with Crippen LogP contribution >= 0.6 is 0 Å². The van der Waals surface area contributed by atoms with E-state index in [0.717, 1.165) is 32.5 Å². The molecule has 0 unspecified atom stereocenters. The van der Waals surface area contributed by atoms with Crippen molar-refractivity contribution in [2.45, 2.75) is 33.2 Å². The maximum Gasteiger partial charge on any atom is 0.0602 e. The molecule has 2 N–H and O–H groups in total. The number of aliphatic hydroxyl groups excluding tert-OH is 1. The Morgan fingerprint density at radius 2 is 1.83 bits per heavy atom. The van der Waals surface area contributed by atoms with Crippen molar-refractivity contribution in [3.05, 3.63) is 59.2 Å². The third-order valence-electron chi connectivity index (χ3n) is 5.08. The zero-order valence-electron chi connectivity index (χ0n) is 14.8. The summed E-state index contributed by atoms with van der Waals surface area (Å²) in [6.07, 6.45) is 2.14. The van der Waals surface area contributed by atoms with E-state index in [9.17, 15) is 5.11 Å². The average Bonchev–Trinajstić information content (AvgIpc) is 2.61. The Balaban J connectivity index is 1.70. The first-order valence-corrected chi connectivity index (χ1v) is 8.92. The average molecular weight is 324 g/mol. The molecule has 1 fully saturated rings. The van der Waals surface area contributed by atoms with E-state index in [4.69, 9.17) is 0 Å². The standard InChI is InChI=1S/C21H28N2O/c1-16-7-8-19(17(2)13-16)14-22-20-5-3-4-6-21(20)23-11-9-18(15-24)10-12-23/h3-8,13,18,22,24H,9-12,14-15H2,1-2H3. The number of para-hydroxylation sites is 2. The second kappa shape index (κ2) is 7.71. The van der Waals surface area contributed by atoms with Gasteiger partial charge in [-0.25, -0.2) is 0 Å². The molecule has 0 aliphatic carbocycles. The molecule has 1 aliphatic rings. The van der Waals surface area contributed by atoms with Gasteiger partial charge >= 0.3 is 0 Å². The monoisotopic (exact) mass is 324 g/mol. The number of aliphatic hydroxyl groups is 1. The van der Waals surface area contributed by atoms with Crippen LogP contribution in [0.4, 0.5) is 11.4 Å². The number of nitrogens with zero attached hydrogens (tertiary/aromatic N) is 1. The summed E-state index contributed by atoms with van der Waals surface area (Å²) >= 11 is 0. The summed E-state index contributed by atoms with van der Waals surface area (Å²) in [6, 6.07) is 15.2. The third kappa shape index (κ3) is 3.90. The van der Waals surface area contributed by atoms with Gasteiger partial charge in [-0.3, -0.25) is 0 Å². The molecule has 0 aromatic heterocycles. The van der Waals surface area contributed by atoms with Crippen LogP contribution in [0.3, 0.4) is 0 Å². The van der Waals surface area contributed by atoms with Gasteiger partial charge in [0, 0.05) is 26.2 Å². The normalized spacial score (nSPS) is 15.5. The molecule has 2 aromatic carbocycles. The lowest BCUT2D eigenvalue weighted by Crippen LogP contribution is -2.35. The molecule has 0 atom stereocenters. The lowest BCUT2D eigenvalue weighted by atomic mass is 9.97. The summed E-state index contributed by atoms with van der Waals surface area (Å²) in [5.74, 6) is 0.469. The molecular weight excluding hydrogens is 296 g/mol. The second-order valence-electron chi connectivity index (χ2n) is 6.91. The number of nitrogens with one attached hydrogen (secondary N) is 1. The number of benzene rings is 2. The Labute approximate surface area is 145 Å². The fourth-order valence-corrected chi connectivity index (χ4v) is 3.49. The highest BCUT2D eigenvalue weighted by Crippen LogP contribution is 2.30. The Morgan fingerprint density at radius 3 is 2.54 bits per heavy atom. The van der Waals surface area contributed by atoms with Crippen LogP contribution in [0.15, 0.2) is 42.5 Å². The van der Waals surface area contributed by atoms with Crippen molar-refractivity contribution in [1.82, 2.24) is 0 Å². The highest BCUT2D eigenvalue weighted by Gasteiger charge is 2.20. The molecule has 2 aromatic rings. The lowest BCUT2D eigenvalue weighted by Gasteiger charge is -2.34.